The van der Waals surface area contributed by atoms with Gasteiger partial charge in [0, 0.05) is 26.6 Å². The molecule has 2 rings (SSSR count). The minimum absolute atomic E-state index is 0.0900. The molecule has 2 amide bonds. The fourth-order valence-electron chi connectivity index (χ4n) is 3.89. The van der Waals surface area contributed by atoms with E-state index < -0.39 is 16.1 Å². The van der Waals surface area contributed by atoms with Gasteiger partial charge in [-0.2, -0.15) is 0 Å². The van der Waals surface area contributed by atoms with Gasteiger partial charge < -0.3 is 19.7 Å². The lowest BCUT2D eigenvalue weighted by molar-refractivity contribution is -0.141. The summed E-state index contributed by atoms with van der Waals surface area (Å²) in [6, 6.07) is 13.5. The predicted octanol–water partition coefficient (Wildman–Crippen LogP) is 3.19. The van der Waals surface area contributed by atoms with E-state index in [1.807, 2.05) is 26.0 Å². The minimum atomic E-state index is -3.56. The highest BCUT2D eigenvalue weighted by Crippen LogP contribution is 2.23. The first kappa shape index (κ1) is 29.0. The van der Waals surface area contributed by atoms with Crippen LogP contribution in [0.4, 0.5) is 5.69 Å². The van der Waals surface area contributed by atoms with Gasteiger partial charge in [-0.25, -0.2) is 8.42 Å². The van der Waals surface area contributed by atoms with Gasteiger partial charge in [0.2, 0.25) is 21.8 Å². The average molecular weight is 520 g/mol. The highest BCUT2D eigenvalue weighted by atomic mass is 32.2. The van der Waals surface area contributed by atoms with E-state index in [4.69, 9.17) is 9.47 Å². The molecule has 2 aromatic carbocycles. The molecule has 0 unspecified atom stereocenters. The van der Waals surface area contributed by atoms with E-state index in [0.717, 1.165) is 11.8 Å². The molecule has 0 fully saturated rings. The van der Waals surface area contributed by atoms with Gasteiger partial charge in [-0.15, -0.1) is 0 Å². The molecule has 0 aliphatic rings. The molecule has 2 aromatic rings. The van der Waals surface area contributed by atoms with E-state index in [1.165, 1.54) is 4.31 Å². The number of nitrogens with zero attached hydrogens (tertiary/aromatic N) is 2. The maximum Gasteiger partial charge on any atom is 0.242 e. The number of methoxy groups -OCH3 is 1. The average Bonchev–Trinajstić information content (AvgIpc) is 2.86. The molecule has 10 heteroatoms. The van der Waals surface area contributed by atoms with Crippen LogP contribution in [-0.2, 0) is 26.2 Å². The van der Waals surface area contributed by atoms with Gasteiger partial charge in [-0.05, 0) is 61.7 Å². The highest BCUT2D eigenvalue weighted by Gasteiger charge is 2.28. The number of sulfonamides is 1. The molecule has 0 saturated heterocycles. The van der Waals surface area contributed by atoms with Crippen LogP contribution >= 0.6 is 0 Å². The van der Waals surface area contributed by atoms with Crippen molar-refractivity contribution < 1.29 is 27.5 Å². The van der Waals surface area contributed by atoms with E-state index >= 15 is 0 Å². The summed E-state index contributed by atoms with van der Waals surface area (Å²) in [6.45, 7) is 4.62. The van der Waals surface area contributed by atoms with Gasteiger partial charge in [0.05, 0.1) is 25.7 Å². The van der Waals surface area contributed by atoms with E-state index in [0.29, 0.717) is 36.6 Å². The van der Waals surface area contributed by atoms with Crippen LogP contribution in [0.25, 0.3) is 0 Å². The predicted molar refractivity (Wildman–Crippen MR) is 141 cm³/mol. The Kier molecular flexibility index (Phi) is 11.0. The van der Waals surface area contributed by atoms with Crippen LogP contribution in [0.5, 0.6) is 11.5 Å². The van der Waals surface area contributed by atoms with Crippen molar-refractivity contribution >= 4 is 27.5 Å². The topological polar surface area (TPSA) is 105 Å². The Bertz CT molecular complexity index is 1090. The quantitative estimate of drug-likeness (QED) is 0.411. The fourth-order valence-corrected chi connectivity index (χ4v) is 4.86. The first-order chi connectivity index (χ1) is 17.1. The van der Waals surface area contributed by atoms with Crippen molar-refractivity contribution in [3.8, 4) is 11.5 Å². The number of hydrogen-bond donors (Lipinski definition) is 1. The highest BCUT2D eigenvalue weighted by molar-refractivity contribution is 7.92. The number of carbonyl (C=O) groups is 2. The number of carbonyl (C=O) groups excluding carboxylic acids is 2. The summed E-state index contributed by atoms with van der Waals surface area (Å²) in [5.41, 5.74) is 1.36. The Morgan fingerprint density at radius 3 is 2.11 bits per heavy atom. The Morgan fingerprint density at radius 2 is 1.61 bits per heavy atom. The zero-order chi connectivity index (χ0) is 26.7. The van der Waals surface area contributed by atoms with E-state index in [9.17, 15) is 18.0 Å². The molecule has 0 aromatic heterocycles. The second-order valence-electron chi connectivity index (χ2n) is 8.27. The molecule has 36 heavy (non-hydrogen) atoms. The van der Waals surface area contributed by atoms with Gasteiger partial charge in [0.1, 0.15) is 17.5 Å². The molecule has 0 radical (unpaired) electrons. The summed E-state index contributed by atoms with van der Waals surface area (Å²) in [4.78, 5) is 27.4. The lowest BCUT2D eigenvalue weighted by atomic mass is 10.1. The van der Waals surface area contributed by atoms with Crippen LogP contribution in [0.2, 0.25) is 0 Å². The summed E-state index contributed by atoms with van der Waals surface area (Å²) >= 11 is 0. The van der Waals surface area contributed by atoms with Gasteiger partial charge >= 0.3 is 0 Å². The maximum absolute atomic E-state index is 13.3. The number of anilines is 1. The molecular formula is C26H37N3O6S. The summed E-state index contributed by atoms with van der Waals surface area (Å²) in [5, 5.41) is 2.63. The molecule has 0 aliphatic carbocycles. The van der Waals surface area contributed by atoms with E-state index in [-0.39, 0.29) is 31.3 Å². The molecule has 1 atom stereocenters. The van der Waals surface area contributed by atoms with Gasteiger partial charge in [-0.3, -0.25) is 13.9 Å². The zero-order valence-electron chi connectivity index (χ0n) is 21.7. The molecule has 0 spiro atoms. The number of likely N-dealkylation sites (N-methyl/N-ethyl adjacent to an activating group) is 1. The third-order valence-electron chi connectivity index (χ3n) is 5.73. The second-order valence-corrected chi connectivity index (χ2v) is 10.2. The number of rotatable bonds is 14. The van der Waals surface area contributed by atoms with Crippen LogP contribution in [0.15, 0.2) is 48.5 Å². The first-order valence-electron chi connectivity index (χ1n) is 12.0. The normalized spacial score (nSPS) is 11.9. The second kappa shape index (κ2) is 13.7. The number of nitrogens with one attached hydrogen (secondary N) is 1. The Balaban J connectivity index is 2.16. The third kappa shape index (κ3) is 8.15. The molecule has 0 aliphatic heterocycles. The van der Waals surface area contributed by atoms with Crippen LogP contribution in [0.1, 0.15) is 38.7 Å². The minimum Gasteiger partial charge on any atom is -0.497 e. The van der Waals surface area contributed by atoms with Crippen molar-refractivity contribution in [1.29, 1.82) is 0 Å². The summed E-state index contributed by atoms with van der Waals surface area (Å²) < 4.78 is 36.8. The molecule has 0 saturated carbocycles. The van der Waals surface area contributed by atoms with Crippen LogP contribution in [0, 0.1) is 0 Å². The lowest BCUT2D eigenvalue weighted by Crippen LogP contribution is -2.48. The smallest absolute Gasteiger partial charge is 0.242 e. The summed E-state index contributed by atoms with van der Waals surface area (Å²) in [5.74, 6) is 0.886. The van der Waals surface area contributed by atoms with Crippen molar-refractivity contribution in [2.45, 2.75) is 45.7 Å². The number of benzene rings is 2. The van der Waals surface area contributed by atoms with Crippen molar-refractivity contribution in [3.05, 3.63) is 54.1 Å². The molecule has 198 valence electrons. The largest absolute Gasteiger partial charge is 0.497 e. The SMILES string of the molecule is CCOc1ccc(N(CCCC(=O)N(Cc2ccc(OC)cc2)[C@@H](CC)C(=O)NC)S(C)(=O)=O)cc1. The van der Waals surface area contributed by atoms with Crippen molar-refractivity contribution in [2.24, 2.45) is 0 Å². The van der Waals surface area contributed by atoms with E-state index in [2.05, 4.69) is 5.32 Å². The monoisotopic (exact) mass is 519 g/mol. The Hall–Kier alpha value is -3.27. The van der Waals surface area contributed by atoms with Crippen molar-refractivity contribution in [2.75, 3.05) is 37.9 Å². The Labute approximate surface area is 214 Å². The molecule has 9 nitrogen and oxygen atoms in total. The molecular weight excluding hydrogens is 482 g/mol. The fraction of sp³-hybridized carbons (Fsp3) is 0.462. The molecule has 0 bridgehead atoms. The zero-order valence-corrected chi connectivity index (χ0v) is 22.5. The first-order valence-corrected chi connectivity index (χ1v) is 13.8. The van der Waals surface area contributed by atoms with Gasteiger partial charge in [0.15, 0.2) is 0 Å². The standard InChI is InChI=1S/C26H37N3O6S/c1-6-24(26(31)27-3)28(19-20-10-14-22(34-4)15-11-20)25(30)9-8-18-29(36(5,32)33)21-12-16-23(17-13-21)35-7-2/h10-17,24H,6-9,18-19H2,1-5H3,(H,27,31)/t24-/m0/s1. The Morgan fingerprint density at radius 1 is 1.00 bits per heavy atom. The lowest BCUT2D eigenvalue weighted by Gasteiger charge is -2.31. The van der Waals surface area contributed by atoms with Crippen molar-refractivity contribution in [1.82, 2.24) is 10.2 Å². The van der Waals surface area contributed by atoms with Gasteiger partial charge in [-0.1, -0.05) is 19.1 Å². The van der Waals surface area contributed by atoms with Crippen LogP contribution in [0.3, 0.4) is 0 Å². The number of amides is 2. The summed E-state index contributed by atoms with van der Waals surface area (Å²) in [6.07, 6.45) is 1.97. The van der Waals surface area contributed by atoms with E-state index in [1.54, 1.807) is 55.5 Å². The summed E-state index contributed by atoms with van der Waals surface area (Å²) in [7, 11) is -0.440. The molecule has 1 N–H and O–H groups in total. The van der Waals surface area contributed by atoms with Crippen molar-refractivity contribution in [3.63, 3.8) is 0 Å². The third-order valence-corrected chi connectivity index (χ3v) is 6.93. The maximum atomic E-state index is 13.3. The van der Waals surface area contributed by atoms with Gasteiger partial charge in [0.25, 0.3) is 0 Å². The number of hydrogen-bond acceptors (Lipinski definition) is 6. The molecule has 0 heterocycles. The number of ether oxygens (including phenoxy) is 2. The van der Waals surface area contributed by atoms with Crippen LogP contribution < -0.4 is 19.1 Å². The van der Waals surface area contributed by atoms with Crippen LogP contribution in [-0.4, -0.2) is 64.7 Å².